The third kappa shape index (κ3) is 3.36. The molecule has 7 rings (SSSR count). The predicted octanol–water partition coefficient (Wildman–Crippen LogP) is 5.08. The Hall–Kier alpha value is -5.31. The van der Waals surface area contributed by atoms with E-state index in [4.69, 9.17) is 15.2 Å². The van der Waals surface area contributed by atoms with E-state index in [1.165, 1.54) is 6.33 Å². The lowest BCUT2D eigenvalue weighted by Gasteiger charge is -2.12. The average molecular weight is 500 g/mol. The van der Waals surface area contributed by atoms with Gasteiger partial charge >= 0.3 is 5.63 Å². The van der Waals surface area contributed by atoms with Crippen LogP contribution in [0, 0.1) is 6.92 Å². The molecule has 0 unspecified atom stereocenters. The van der Waals surface area contributed by atoms with Crippen LogP contribution in [0.3, 0.4) is 0 Å². The van der Waals surface area contributed by atoms with Gasteiger partial charge in [-0.15, -0.1) is 0 Å². The average Bonchev–Trinajstić information content (AvgIpc) is 3.50. The van der Waals surface area contributed by atoms with Crippen LogP contribution < -0.4 is 11.4 Å². The van der Waals surface area contributed by atoms with Crippen LogP contribution in [0.15, 0.2) is 88.3 Å². The largest absolute Gasteiger partial charge is 0.425 e. The van der Waals surface area contributed by atoms with Gasteiger partial charge in [0.15, 0.2) is 5.65 Å². The molecule has 0 aliphatic heterocycles. The summed E-state index contributed by atoms with van der Waals surface area (Å²) < 4.78 is 7.65. The fourth-order valence-corrected chi connectivity index (χ4v) is 5.05. The zero-order valence-corrected chi connectivity index (χ0v) is 20.3. The first-order valence-corrected chi connectivity index (χ1v) is 12.1. The van der Waals surface area contributed by atoms with Gasteiger partial charge in [-0.3, -0.25) is 5.10 Å². The number of hydrogen-bond donors (Lipinski definition) is 2. The van der Waals surface area contributed by atoms with E-state index >= 15 is 0 Å². The lowest BCUT2D eigenvalue weighted by Crippen LogP contribution is -2.10. The van der Waals surface area contributed by atoms with Crippen LogP contribution in [0.5, 0.6) is 0 Å². The maximum Gasteiger partial charge on any atom is 0.343 e. The second-order valence-corrected chi connectivity index (χ2v) is 9.13. The number of aryl methyl sites for hydroxylation is 1. The molecule has 7 aromatic rings. The summed E-state index contributed by atoms with van der Waals surface area (Å²) in [7, 11) is 0. The molecule has 0 aliphatic carbocycles. The fourth-order valence-electron chi connectivity index (χ4n) is 5.05. The smallest absolute Gasteiger partial charge is 0.343 e. The molecule has 0 bridgehead atoms. The Bertz CT molecular complexity index is 2060. The molecule has 3 aromatic carbocycles. The second kappa shape index (κ2) is 8.38. The zero-order valence-electron chi connectivity index (χ0n) is 20.3. The molecule has 0 saturated heterocycles. The first-order valence-electron chi connectivity index (χ1n) is 12.1. The quantitative estimate of drug-likeness (QED) is 0.345. The minimum absolute atomic E-state index is 0.171. The Labute approximate surface area is 215 Å². The Morgan fingerprint density at radius 1 is 0.921 bits per heavy atom. The molecule has 9 nitrogen and oxygen atoms in total. The molecular formula is C29H21N7O2. The Kier molecular flexibility index (Phi) is 4.83. The van der Waals surface area contributed by atoms with E-state index in [1.807, 2.05) is 73.7 Å². The van der Waals surface area contributed by atoms with Gasteiger partial charge in [0.2, 0.25) is 0 Å². The third-order valence-electron chi connectivity index (χ3n) is 6.85. The molecule has 9 heteroatoms. The second-order valence-electron chi connectivity index (χ2n) is 9.13. The topological polar surface area (TPSA) is 129 Å². The SMILES string of the molecule is Cc1n[nH]c2ccc(-c3nn(Cc4oc(=O)c5ccccc5c4-c4ccccc4)c4ncnc(N)c34)cc12. The Morgan fingerprint density at radius 2 is 1.71 bits per heavy atom. The highest BCUT2D eigenvalue weighted by atomic mass is 16.4. The minimum Gasteiger partial charge on any atom is -0.425 e. The molecular weight excluding hydrogens is 478 g/mol. The number of aromatic amines is 1. The summed E-state index contributed by atoms with van der Waals surface area (Å²) >= 11 is 0. The molecule has 184 valence electrons. The molecule has 0 spiro atoms. The van der Waals surface area contributed by atoms with E-state index in [-0.39, 0.29) is 6.54 Å². The van der Waals surface area contributed by atoms with Crippen molar-refractivity contribution < 1.29 is 4.42 Å². The van der Waals surface area contributed by atoms with Gasteiger partial charge in [0.1, 0.15) is 30.1 Å². The van der Waals surface area contributed by atoms with Gasteiger partial charge in [-0.1, -0.05) is 54.6 Å². The van der Waals surface area contributed by atoms with E-state index in [9.17, 15) is 4.79 Å². The van der Waals surface area contributed by atoms with Crippen LogP contribution >= 0.6 is 0 Å². The van der Waals surface area contributed by atoms with Gasteiger partial charge in [-0.2, -0.15) is 10.2 Å². The van der Waals surface area contributed by atoms with Crippen LogP contribution in [0.2, 0.25) is 0 Å². The van der Waals surface area contributed by atoms with Gasteiger partial charge in [-0.05, 0) is 30.7 Å². The van der Waals surface area contributed by atoms with Crippen molar-refractivity contribution in [1.82, 2.24) is 29.9 Å². The first-order chi connectivity index (χ1) is 18.6. The van der Waals surface area contributed by atoms with Crippen molar-refractivity contribution in [3.05, 3.63) is 101 Å². The molecule has 0 saturated carbocycles. The maximum atomic E-state index is 13.0. The Morgan fingerprint density at radius 3 is 2.55 bits per heavy atom. The first kappa shape index (κ1) is 21.9. The highest BCUT2D eigenvalue weighted by molar-refractivity contribution is 6.00. The third-order valence-corrected chi connectivity index (χ3v) is 6.85. The molecule has 38 heavy (non-hydrogen) atoms. The summed E-state index contributed by atoms with van der Waals surface area (Å²) in [5, 5.41) is 15.2. The van der Waals surface area contributed by atoms with Crippen molar-refractivity contribution in [2.45, 2.75) is 13.5 Å². The number of benzene rings is 3. The van der Waals surface area contributed by atoms with Crippen LogP contribution in [0.4, 0.5) is 5.82 Å². The lowest BCUT2D eigenvalue weighted by atomic mass is 9.98. The van der Waals surface area contributed by atoms with Gasteiger partial charge in [0, 0.05) is 21.9 Å². The number of nitrogen functional groups attached to an aromatic ring is 1. The number of anilines is 1. The summed E-state index contributed by atoms with van der Waals surface area (Å²) in [5.41, 5.74) is 11.6. The molecule has 0 aliphatic rings. The number of nitrogens with one attached hydrogen (secondary N) is 1. The van der Waals surface area contributed by atoms with E-state index in [0.717, 1.165) is 38.7 Å². The standard InChI is InChI=1S/C29H21N7O2/c1-16-21-13-18(11-12-22(21)34-33-16)26-25-27(30)31-15-32-28(25)36(35-26)14-23-24(17-7-3-2-4-8-17)19-9-5-6-10-20(19)29(37)38-23/h2-13,15H,14H2,1H3,(H,33,34)(H2,30,31,32). The number of rotatable bonds is 4. The van der Waals surface area contributed by atoms with E-state index in [1.54, 1.807) is 10.7 Å². The number of fused-ring (bicyclic) bond motifs is 3. The van der Waals surface area contributed by atoms with Crippen LogP contribution in [-0.4, -0.2) is 29.9 Å². The summed E-state index contributed by atoms with van der Waals surface area (Å²) in [5.74, 6) is 0.803. The van der Waals surface area contributed by atoms with Gasteiger partial charge in [-0.25, -0.2) is 19.4 Å². The summed E-state index contributed by atoms with van der Waals surface area (Å²) in [6, 6.07) is 23.3. The predicted molar refractivity (Wildman–Crippen MR) is 147 cm³/mol. The molecule has 0 amide bonds. The molecule has 4 aromatic heterocycles. The summed E-state index contributed by atoms with van der Waals surface area (Å²) in [6.45, 7) is 2.12. The van der Waals surface area contributed by atoms with Crippen LogP contribution in [-0.2, 0) is 6.54 Å². The van der Waals surface area contributed by atoms with Crippen LogP contribution in [0.1, 0.15) is 11.5 Å². The lowest BCUT2D eigenvalue weighted by molar-refractivity contribution is 0.449. The molecule has 0 fully saturated rings. The number of nitrogens with two attached hydrogens (primary N) is 1. The highest BCUT2D eigenvalue weighted by Crippen LogP contribution is 2.35. The zero-order chi connectivity index (χ0) is 25.8. The number of aromatic nitrogens is 6. The van der Waals surface area contributed by atoms with Crippen molar-refractivity contribution in [2.24, 2.45) is 0 Å². The van der Waals surface area contributed by atoms with Crippen molar-refractivity contribution in [3.63, 3.8) is 0 Å². The van der Waals surface area contributed by atoms with Gasteiger partial charge < -0.3 is 10.2 Å². The van der Waals surface area contributed by atoms with E-state index in [2.05, 4.69) is 20.2 Å². The number of H-pyrrole nitrogens is 1. The molecule has 3 N–H and O–H groups in total. The molecule has 0 atom stereocenters. The number of nitrogens with zero attached hydrogens (tertiary/aromatic N) is 5. The van der Waals surface area contributed by atoms with Crippen molar-refractivity contribution in [1.29, 1.82) is 0 Å². The fraction of sp³-hybridized carbons (Fsp3) is 0.0690. The van der Waals surface area contributed by atoms with Crippen molar-refractivity contribution in [3.8, 4) is 22.4 Å². The highest BCUT2D eigenvalue weighted by Gasteiger charge is 2.21. The minimum atomic E-state index is -0.401. The Balaban J connectivity index is 1.46. The van der Waals surface area contributed by atoms with E-state index < -0.39 is 5.63 Å². The molecule has 0 radical (unpaired) electrons. The monoisotopic (exact) mass is 499 g/mol. The van der Waals surface area contributed by atoms with Gasteiger partial charge in [0.25, 0.3) is 0 Å². The summed E-state index contributed by atoms with van der Waals surface area (Å²) in [6.07, 6.45) is 1.41. The van der Waals surface area contributed by atoms with Gasteiger partial charge in [0.05, 0.1) is 22.0 Å². The van der Waals surface area contributed by atoms with Crippen molar-refractivity contribution in [2.75, 3.05) is 5.73 Å². The maximum absolute atomic E-state index is 13.0. The van der Waals surface area contributed by atoms with E-state index in [0.29, 0.717) is 33.7 Å². The summed E-state index contributed by atoms with van der Waals surface area (Å²) in [4.78, 5) is 21.7. The normalized spacial score (nSPS) is 11.6. The van der Waals surface area contributed by atoms with Crippen molar-refractivity contribution >= 4 is 38.5 Å². The molecule has 4 heterocycles. The number of hydrogen-bond acceptors (Lipinski definition) is 7. The van der Waals surface area contributed by atoms with Crippen LogP contribution in [0.25, 0.3) is 55.1 Å².